The van der Waals surface area contributed by atoms with E-state index in [1.807, 2.05) is 30.5 Å². The lowest BCUT2D eigenvalue weighted by Crippen LogP contribution is -2.27. The molecule has 1 heterocycles. The third-order valence-corrected chi connectivity index (χ3v) is 6.50. The van der Waals surface area contributed by atoms with Crippen LogP contribution in [0.25, 0.3) is 11.0 Å². The zero-order chi connectivity index (χ0) is 22.6. The van der Waals surface area contributed by atoms with Gasteiger partial charge in [-0.1, -0.05) is 42.5 Å². The number of anilines is 1. The van der Waals surface area contributed by atoms with E-state index in [0.29, 0.717) is 16.7 Å². The summed E-state index contributed by atoms with van der Waals surface area (Å²) in [6, 6.07) is 23.9. The molecule has 3 aromatic carbocycles. The zero-order valence-electron chi connectivity index (χ0n) is 17.0. The second-order valence-electron chi connectivity index (χ2n) is 6.71. The van der Waals surface area contributed by atoms with Gasteiger partial charge in [-0.05, 0) is 48.7 Å². The Kier molecular flexibility index (Phi) is 6.29. The largest absolute Gasteiger partial charge is 0.436 e. The number of hydrogen-bond acceptors (Lipinski definition) is 6. The summed E-state index contributed by atoms with van der Waals surface area (Å²) in [6.45, 7) is 0. The third-order valence-electron chi connectivity index (χ3n) is 4.55. The van der Waals surface area contributed by atoms with Crippen LogP contribution in [-0.4, -0.2) is 20.6 Å². The number of thioether (sulfide) groups is 1. The summed E-state index contributed by atoms with van der Waals surface area (Å²) in [4.78, 5) is 16.2. The van der Waals surface area contributed by atoms with E-state index in [0.717, 1.165) is 4.90 Å². The van der Waals surface area contributed by atoms with E-state index in [9.17, 15) is 13.2 Å². The Hall–Kier alpha value is -3.56. The third kappa shape index (κ3) is 4.84. The lowest BCUT2D eigenvalue weighted by atomic mass is 10.1. The monoisotopic (exact) mass is 465 g/mol. The number of nitrogens with one attached hydrogen (secondary N) is 2. The number of rotatable bonds is 6. The van der Waals surface area contributed by atoms with E-state index >= 15 is 0 Å². The molecule has 32 heavy (non-hydrogen) atoms. The van der Waals surface area contributed by atoms with Crippen molar-refractivity contribution in [2.45, 2.75) is 9.79 Å². The van der Waals surface area contributed by atoms with Crippen molar-refractivity contribution in [3.8, 4) is 0 Å². The van der Waals surface area contributed by atoms with Crippen LogP contribution in [0.2, 0.25) is 0 Å². The predicted octanol–water partition coefficient (Wildman–Crippen LogP) is 4.20. The second-order valence-corrected chi connectivity index (χ2v) is 9.25. The van der Waals surface area contributed by atoms with Crippen molar-refractivity contribution in [2.24, 2.45) is 5.10 Å². The fourth-order valence-electron chi connectivity index (χ4n) is 2.97. The average molecular weight is 466 g/mol. The fourth-order valence-corrected chi connectivity index (χ4v) is 4.25. The molecule has 0 atom stereocenters. The second kappa shape index (κ2) is 9.29. The Bertz CT molecular complexity index is 1450. The lowest BCUT2D eigenvalue weighted by Gasteiger charge is -2.08. The molecule has 9 heteroatoms. The molecule has 2 N–H and O–H groups in total. The highest BCUT2D eigenvalue weighted by atomic mass is 32.2. The molecular formula is C23H19N3O4S2. The van der Waals surface area contributed by atoms with E-state index in [-0.39, 0.29) is 16.0 Å². The molecule has 4 rings (SSSR count). The van der Waals surface area contributed by atoms with Gasteiger partial charge < -0.3 is 9.73 Å². The van der Waals surface area contributed by atoms with Gasteiger partial charge in [0, 0.05) is 16.0 Å². The number of sulfonamides is 1. The summed E-state index contributed by atoms with van der Waals surface area (Å²) >= 11 is 1.55. The maximum Gasteiger partial charge on any atom is 0.276 e. The summed E-state index contributed by atoms with van der Waals surface area (Å²) in [7, 11) is -3.93. The van der Waals surface area contributed by atoms with Crippen molar-refractivity contribution in [3.63, 3.8) is 0 Å². The Balaban J connectivity index is 1.75. The molecule has 162 valence electrons. The smallest absolute Gasteiger partial charge is 0.276 e. The van der Waals surface area contributed by atoms with Gasteiger partial charge in [0.25, 0.3) is 15.9 Å². The molecule has 0 bridgehead atoms. The van der Waals surface area contributed by atoms with E-state index < -0.39 is 15.9 Å². The van der Waals surface area contributed by atoms with Gasteiger partial charge in [0.1, 0.15) is 11.1 Å². The van der Waals surface area contributed by atoms with Gasteiger partial charge in [-0.15, -0.1) is 16.9 Å². The Morgan fingerprint density at radius 3 is 2.47 bits per heavy atom. The van der Waals surface area contributed by atoms with Crippen LogP contribution in [0.5, 0.6) is 0 Å². The summed E-state index contributed by atoms with van der Waals surface area (Å²) in [5.41, 5.74) is 1.01. The first-order valence-electron chi connectivity index (χ1n) is 9.55. The quantitative estimate of drug-likeness (QED) is 0.328. The van der Waals surface area contributed by atoms with Crippen LogP contribution in [0.4, 0.5) is 5.69 Å². The summed E-state index contributed by atoms with van der Waals surface area (Å²) in [5, 5.41) is 7.43. The molecule has 0 fully saturated rings. The number of hydrogen-bond donors (Lipinski definition) is 2. The predicted molar refractivity (Wildman–Crippen MR) is 125 cm³/mol. The van der Waals surface area contributed by atoms with Crippen LogP contribution in [0.1, 0.15) is 10.4 Å². The number of carbonyl (C=O) groups is 1. The molecule has 1 aromatic heterocycles. The van der Waals surface area contributed by atoms with Gasteiger partial charge in [0.2, 0.25) is 5.55 Å². The minimum absolute atomic E-state index is 0.0458. The molecule has 0 radical (unpaired) electrons. The number of carbonyl (C=O) groups excluding carboxylic acids is 1. The zero-order valence-corrected chi connectivity index (χ0v) is 18.6. The Morgan fingerprint density at radius 1 is 0.938 bits per heavy atom. The van der Waals surface area contributed by atoms with Crippen LogP contribution in [0.3, 0.4) is 0 Å². The van der Waals surface area contributed by atoms with Gasteiger partial charge >= 0.3 is 0 Å². The van der Waals surface area contributed by atoms with E-state index in [4.69, 9.17) is 4.42 Å². The Morgan fingerprint density at radius 2 is 1.69 bits per heavy atom. The highest BCUT2D eigenvalue weighted by Gasteiger charge is 2.16. The van der Waals surface area contributed by atoms with Crippen LogP contribution in [0.15, 0.2) is 104 Å². The number of benzene rings is 3. The molecule has 0 saturated carbocycles. The van der Waals surface area contributed by atoms with Crippen molar-refractivity contribution >= 4 is 44.3 Å². The maximum absolute atomic E-state index is 13.1. The Labute approximate surface area is 189 Å². The normalized spacial score (nSPS) is 12.0. The molecule has 0 unspecified atom stereocenters. The first-order valence-corrected chi connectivity index (χ1v) is 12.3. The van der Waals surface area contributed by atoms with Gasteiger partial charge in [0.05, 0.1) is 4.90 Å². The highest BCUT2D eigenvalue weighted by Crippen LogP contribution is 2.20. The molecule has 0 aliphatic carbocycles. The van der Waals surface area contributed by atoms with E-state index in [1.165, 1.54) is 12.1 Å². The molecule has 4 aromatic rings. The van der Waals surface area contributed by atoms with Crippen molar-refractivity contribution in [3.05, 3.63) is 96.0 Å². The van der Waals surface area contributed by atoms with Crippen molar-refractivity contribution < 1.29 is 17.6 Å². The molecule has 7 nitrogen and oxygen atoms in total. The SMILES string of the molecule is CSc1cccc(NC(=O)c2cc3ccccc3oc2=NNS(=O)(=O)c2ccccc2)c1. The first-order chi connectivity index (χ1) is 15.5. The number of fused-ring (bicyclic) bond motifs is 1. The summed E-state index contributed by atoms with van der Waals surface area (Å²) in [5.74, 6) is -0.476. The van der Waals surface area contributed by atoms with Crippen molar-refractivity contribution in [2.75, 3.05) is 11.6 Å². The van der Waals surface area contributed by atoms with E-state index in [1.54, 1.807) is 60.3 Å². The highest BCUT2D eigenvalue weighted by molar-refractivity contribution is 7.98. The minimum Gasteiger partial charge on any atom is -0.436 e. The maximum atomic E-state index is 13.1. The first kappa shape index (κ1) is 21.7. The number of para-hydroxylation sites is 1. The molecule has 0 spiro atoms. The van der Waals surface area contributed by atoms with Crippen LogP contribution in [0, 0.1) is 0 Å². The number of nitrogens with zero attached hydrogens (tertiary/aromatic N) is 1. The topological polar surface area (TPSA) is 101 Å². The lowest BCUT2D eigenvalue weighted by molar-refractivity contribution is 0.102. The van der Waals surface area contributed by atoms with Crippen molar-refractivity contribution in [1.82, 2.24) is 4.83 Å². The van der Waals surface area contributed by atoms with Crippen molar-refractivity contribution in [1.29, 1.82) is 0 Å². The number of amides is 1. The van der Waals surface area contributed by atoms with E-state index in [2.05, 4.69) is 15.2 Å². The average Bonchev–Trinajstić information content (AvgIpc) is 2.83. The minimum atomic E-state index is -3.93. The molecule has 0 saturated heterocycles. The molecule has 0 aliphatic rings. The van der Waals surface area contributed by atoms with Crippen LogP contribution >= 0.6 is 11.8 Å². The van der Waals surface area contributed by atoms with Gasteiger partial charge in [-0.25, -0.2) is 0 Å². The molecular weight excluding hydrogens is 446 g/mol. The fraction of sp³-hybridized carbons (Fsp3) is 0.0435. The standard InChI is InChI=1S/C23H19N3O4S2/c1-31-18-10-7-9-17(15-18)24-22(27)20-14-16-8-5-6-13-21(16)30-23(20)25-26-32(28,29)19-11-3-2-4-12-19/h2-15,26H,1H3,(H,24,27). The molecule has 0 aliphatic heterocycles. The summed E-state index contributed by atoms with van der Waals surface area (Å²) in [6.07, 6.45) is 1.94. The van der Waals surface area contributed by atoms with Gasteiger partial charge in [0.15, 0.2) is 0 Å². The van der Waals surface area contributed by atoms with Gasteiger partial charge in [-0.3, -0.25) is 4.79 Å². The summed E-state index contributed by atoms with van der Waals surface area (Å²) < 4.78 is 30.9. The van der Waals surface area contributed by atoms with Crippen LogP contribution < -0.4 is 15.7 Å². The molecule has 1 amide bonds. The van der Waals surface area contributed by atoms with Crippen LogP contribution in [-0.2, 0) is 10.0 Å². The van der Waals surface area contributed by atoms with Gasteiger partial charge in [-0.2, -0.15) is 13.2 Å².